The van der Waals surface area contributed by atoms with E-state index in [0.29, 0.717) is 22.9 Å². The lowest BCUT2D eigenvalue weighted by Gasteiger charge is -2.11. The van der Waals surface area contributed by atoms with Gasteiger partial charge in [0.2, 0.25) is 5.91 Å². The zero-order chi connectivity index (χ0) is 19.1. The molecule has 4 nitrogen and oxygen atoms in total. The Labute approximate surface area is 157 Å². The van der Waals surface area contributed by atoms with Crippen LogP contribution in [0.4, 0.5) is 0 Å². The van der Waals surface area contributed by atoms with Crippen LogP contribution >= 0.6 is 0 Å². The van der Waals surface area contributed by atoms with E-state index in [1.54, 1.807) is 12.1 Å². The highest BCUT2D eigenvalue weighted by molar-refractivity contribution is 6.19. The molecule has 3 N–H and O–H groups in total. The van der Waals surface area contributed by atoms with Gasteiger partial charge in [-0.3, -0.25) is 4.79 Å². The number of nitrogens with two attached hydrogens (primary N) is 1. The van der Waals surface area contributed by atoms with Gasteiger partial charge >= 0.3 is 0 Å². The van der Waals surface area contributed by atoms with Gasteiger partial charge in [0, 0.05) is 17.5 Å². The molecule has 27 heavy (non-hydrogen) atoms. The van der Waals surface area contributed by atoms with Crippen LogP contribution in [0.1, 0.15) is 34.0 Å². The summed E-state index contributed by atoms with van der Waals surface area (Å²) in [6.45, 7) is 4.80. The van der Waals surface area contributed by atoms with E-state index in [0.717, 1.165) is 23.0 Å². The molecule has 0 radical (unpaired) electrons. The number of fused-ring (bicyclic) bond motifs is 3. The van der Waals surface area contributed by atoms with Crippen LogP contribution in [-0.2, 0) is 13.0 Å². The van der Waals surface area contributed by atoms with Gasteiger partial charge in [0.15, 0.2) is 0 Å². The summed E-state index contributed by atoms with van der Waals surface area (Å²) in [7, 11) is 0. The molecule has 4 rings (SSSR count). The Bertz CT molecular complexity index is 1190. The highest BCUT2D eigenvalue weighted by Gasteiger charge is 2.20. The SMILES string of the molecule is CCc1cc(O)c2c3c(C(N)=O)cccc3n(Cc3ccccc3C)c2c1. The van der Waals surface area contributed by atoms with Gasteiger partial charge in [-0.25, -0.2) is 0 Å². The smallest absolute Gasteiger partial charge is 0.249 e. The number of rotatable bonds is 4. The summed E-state index contributed by atoms with van der Waals surface area (Å²) in [6, 6.07) is 17.7. The van der Waals surface area contributed by atoms with Crippen LogP contribution in [0.2, 0.25) is 0 Å². The first kappa shape index (κ1) is 17.2. The van der Waals surface area contributed by atoms with Crippen LogP contribution in [0.25, 0.3) is 21.8 Å². The van der Waals surface area contributed by atoms with E-state index in [-0.39, 0.29) is 5.75 Å². The van der Waals surface area contributed by atoms with Gasteiger partial charge in [0.1, 0.15) is 5.75 Å². The second-order valence-electron chi connectivity index (χ2n) is 6.94. The fourth-order valence-corrected chi connectivity index (χ4v) is 3.83. The number of aromatic hydroxyl groups is 1. The zero-order valence-corrected chi connectivity index (χ0v) is 15.5. The molecule has 1 heterocycles. The monoisotopic (exact) mass is 358 g/mol. The largest absolute Gasteiger partial charge is 0.507 e. The third-order valence-electron chi connectivity index (χ3n) is 5.29. The molecule has 0 aliphatic carbocycles. The number of primary amides is 1. The van der Waals surface area contributed by atoms with Crippen molar-refractivity contribution in [3.8, 4) is 5.75 Å². The van der Waals surface area contributed by atoms with Crippen LogP contribution in [0.3, 0.4) is 0 Å². The van der Waals surface area contributed by atoms with E-state index < -0.39 is 5.91 Å². The third kappa shape index (κ3) is 2.74. The van der Waals surface area contributed by atoms with Crippen molar-refractivity contribution in [2.75, 3.05) is 0 Å². The topological polar surface area (TPSA) is 68.2 Å². The van der Waals surface area contributed by atoms with E-state index in [9.17, 15) is 9.90 Å². The number of hydrogen-bond acceptors (Lipinski definition) is 2. The number of carbonyl (C=O) groups is 1. The number of nitrogens with zero attached hydrogens (tertiary/aromatic N) is 1. The third-order valence-corrected chi connectivity index (χ3v) is 5.29. The van der Waals surface area contributed by atoms with Crippen LogP contribution in [0.5, 0.6) is 5.75 Å². The normalized spacial score (nSPS) is 11.3. The molecule has 1 amide bonds. The van der Waals surface area contributed by atoms with Crippen molar-refractivity contribution in [1.29, 1.82) is 0 Å². The van der Waals surface area contributed by atoms with Gasteiger partial charge in [-0.1, -0.05) is 37.3 Å². The van der Waals surface area contributed by atoms with Crippen LogP contribution < -0.4 is 5.73 Å². The quantitative estimate of drug-likeness (QED) is 0.563. The summed E-state index contributed by atoms with van der Waals surface area (Å²) in [5, 5.41) is 12.2. The molecule has 1 aromatic heterocycles. The zero-order valence-electron chi connectivity index (χ0n) is 15.5. The first-order valence-electron chi connectivity index (χ1n) is 9.12. The number of aromatic nitrogens is 1. The molecule has 0 fully saturated rings. The number of benzene rings is 3. The molecule has 0 saturated heterocycles. The standard InChI is InChI=1S/C23H22N2O2/c1-3-15-11-19-22(20(26)12-15)21-17(23(24)27)9-6-10-18(21)25(19)13-16-8-5-4-7-14(16)2/h4-12,26H,3,13H2,1-2H3,(H2,24,27). The number of phenols is 1. The second-order valence-corrected chi connectivity index (χ2v) is 6.94. The van der Waals surface area contributed by atoms with Crippen LogP contribution in [-0.4, -0.2) is 15.6 Å². The summed E-state index contributed by atoms with van der Waals surface area (Å²) < 4.78 is 2.16. The van der Waals surface area contributed by atoms with Crippen molar-refractivity contribution in [1.82, 2.24) is 4.57 Å². The Morgan fingerprint density at radius 2 is 1.81 bits per heavy atom. The van der Waals surface area contributed by atoms with E-state index in [2.05, 4.69) is 36.6 Å². The first-order chi connectivity index (χ1) is 13.0. The van der Waals surface area contributed by atoms with Crippen molar-refractivity contribution >= 4 is 27.7 Å². The fraction of sp³-hybridized carbons (Fsp3) is 0.174. The Morgan fingerprint density at radius 1 is 1.04 bits per heavy atom. The number of carbonyl (C=O) groups excluding carboxylic acids is 1. The highest BCUT2D eigenvalue weighted by atomic mass is 16.3. The molecule has 3 aromatic carbocycles. The van der Waals surface area contributed by atoms with Crippen LogP contribution in [0, 0.1) is 6.92 Å². The molecule has 0 unspecified atom stereocenters. The number of phenolic OH excluding ortho intramolecular Hbond substituents is 1. The molecule has 4 aromatic rings. The predicted octanol–water partition coefficient (Wildman–Crippen LogP) is 4.52. The highest BCUT2D eigenvalue weighted by Crippen LogP contribution is 2.38. The van der Waals surface area contributed by atoms with Crippen molar-refractivity contribution in [2.24, 2.45) is 5.73 Å². The summed E-state index contributed by atoms with van der Waals surface area (Å²) in [6.07, 6.45) is 0.818. The molecule has 0 spiro atoms. The minimum atomic E-state index is -0.491. The van der Waals surface area contributed by atoms with E-state index >= 15 is 0 Å². The molecular weight excluding hydrogens is 336 g/mol. The van der Waals surface area contributed by atoms with Crippen molar-refractivity contribution in [3.05, 3.63) is 76.9 Å². The lowest BCUT2D eigenvalue weighted by Crippen LogP contribution is -2.11. The van der Waals surface area contributed by atoms with Gasteiger partial charge in [-0.05, 0) is 54.3 Å². The maximum atomic E-state index is 12.0. The van der Waals surface area contributed by atoms with E-state index in [1.807, 2.05) is 24.3 Å². The van der Waals surface area contributed by atoms with Crippen molar-refractivity contribution in [2.45, 2.75) is 26.8 Å². The second kappa shape index (κ2) is 6.47. The van der Waals surface area contributed by atoms with Gasteiger partial charge in [0.05, 0.1) is 16.4 Å². The predicted molar refractivity (Wildman–Crippen MR) is 109 cm³/mol. The first-order valence-corrected chi connectivity index (χ1v) is 9.12. The lowest BCUT2D eigenvalue weighted by molar-refractivity contribution is 0.100. The fourth-order valence-electron chi connectivity index (χ4n) is 3.83. The number of hydrogen-bond donors (Lipinski definition) is 2. The Kier molecular flexibility index (Phi) is 4.11. The summed E-state index contributed by atoms with van der Waals surface area (Å²) in [5.74, 6) is -0.305. The molecule has 0 aliphatic heterocycles. The van der Waals surface area contributed by atoms with Crippen molar-refractivity contribution < 1.29 is 9.90 Å². The van der Waals surface area contributed by atoms with E-state index in [4.69, 9.17) is 5.73 Å². The van der Waals surface area contributed by atoms with Gasteiger partial charge in [0.25, 0.3) is 0 Å². The Hall–Kier alpha value is -3.27. The summed E-state index contributed by atoms with van der Waals surface area (Å²) in [5.41, 5.74) is 11.3. The van der Waals surface area contributed by atoms with E-state index in [1.165, 1.54) is 11.1 Å². The average Bonchev–Trinajstić information content (AvgIpc) is 2.97. The Balaban J connectivity index is 2.12. The minimum absolute atomic E-state index is 0.187. The molecule has 0 bridgehead atoms. The van der Waals surface area contributed by atoms with Gasteiger partial charge < -0.3 is 15.4 Å². The number of aryl methyl sites for hydroxylation is 2. The molecule has 4 heteroatoms. The maximum absolute atomic E-state index is 12.0. The Morgan fingerprint density at radius 3 is 2.52 bits per heavy atom. The molecular formula is C23H22N2O2. The van der Waals surface area contributed by atoms with Crippen LogP contribution in [0.15, 0.2) is 54.6 Å². The maximum Gasteiger partial charge on any atom is 0.249 e. The molecule has 0 aliphatic rings. The molecule has 0 atom stereocenters. The summed E-state index contributed by atoms with van der Waals surface area (Å²) >= 11 is 0. The average molecular weight is 358 g/mol. The minimum Gasteiger partial charge on any atom is -0.507 e. The van der Waals surface area contributed by atoms with Gasteiger partial charge in [-0.2, -0.15) is 0 Å². The number of amides is 1. The van der Waals surface area contributed by atoms with Gasteiger partial charge in [-0.15, -0.1) is 0 Å². The molecule has 136 valence electrons. The summed E-state index contributed by atoms with van der Waals surface area (Å²) in [4.78, 5) is 12.0. The lowest BCUT2D eigenvalue weighted by atomic mass is 10.0. The molecule has 0 saturated carbocycles. The van der Waals surface area contributed by atoms with Crippen molar-refractivity contribution in [3.63, 3.8) is 0 Å².